The van der Waals surface area contributed by atoms with Crippen molar-refractivity contribution >= 4 is 18.0 Å². The van der Waals surface area contributed by atoms with Gasteiger partial charge in [0.15, 0.2) is 0 Å². The molecular formula is C35H42N2O4. The van der Waals surface area contributed by atoms with Gasteiger partial charge in [-0.05, 0) is 80.2 Å². The highest BCUT2D eigenvalue weighted by Gasteiger charge is 2.75. The summed E-state index contributed by atoms with van der Waals surface area (Å²) in [5.74, 6) is 1.78. The van der Waals surface area contributed by atoms with E-state index in [0.29, 0.717) is 12.5 Å². The van der Waals surface area contributed by atoms with E-state index in [9.17, 15) is 9.59 Å². The molecule has 2 bridgehead atoms. The molecule has 6 heteroatoms. The maximum absolute atomic E-state index is 14.0. The van der Waals surface area contributed by atoms with E-state index >= 15 is 0 Å². The van der Waals surface area contributed by atoms with Gasteiger partial charge in [-0.15, -0.1) is 0 Å². The fourth-order valence-electron chi connectivity index (χ4n) is 8.79. The van der Waals surface area contributed by atoms with E-state index in [2.05, 4.69) is 41.8 Å². The predicted octanol–water partition coefficient (Wildman–Crippen LogP) is 5.39. The Morgan fingerprint density at radius 1 is 1.10 bits per heavy atom. The van der Waals surface area contributed by atoms with Gasteiger partial charge in [-0.3, -0.25) is 14.5 Å². The van der Waals surface area contributed by atoms with Crippen LogP contribution in [0, 0.1) is 11.8 Å². The Bertz CT molecular complexity index is 1370. The van der Waals surface area contributed by atoms with Crippen LogP contribution < -0.4 is 4.74 Å². The zero-order valence-electron chi connectivity index (χ0n) is 24.6. The van der Waals surface area contributed by atoms with Crippen LogP contribution >= 0.6 is 0 Å². The lowest BCUT2D eigenvalue weighted by molar-refractivity contribution is -0.224. The summed E-state index contributed by atoms with van der Waals surface area (Å²) in [6, 6.07) is 16.4. The smallest absolute Gasteiger partial charge is 0.303 e. The van der Waals surface area contributed by atoms with Gasteiger partial charge in [0, 0.05) is 31.7 Å². The first-order chi connectivity index (χ1) is 19.8. The number of carbonyl (C=O) groups excluding carboxylic acids is 2. The second kappa shape index (κ2) is 10.0. The molecule has 7 rings (SSSR count). The van der Waals surface area contributed by atoms with Crippen LogP contribution in [0.25, 0.3) is 6.08 Å². The molecular weight excluding hydrogens is 512 g/mol. The molecule has 1 saturated heterocycles. The summed E-state index contributed by atoms with van der Waals surface area (Å²) in [4.78, 5) is 31.6. The highest BCUT2D eigenvalue weighted by atomic mass is 16.6. The fourth-order valence-corrected chi connectivity index (χ4v) is 8.79. The fraction of sp³-hybridized carbons (Fsp3) is 0.543. The van der Waals surface area contributed by atoms with Crippen molar-refractivity contribution in [2.24, 2.45) is 11.8 Å². The van der Waals surface area contributed by atoms with E-state index in [1.165, 1.54) is 24.0 Å². The molecule has 5 atom stereocenters. The van der Waals surface area contributed by atoms with E-state index < -0.39 is 11.0 Å². The van der Waals surface area contributed by atoms with Crippen molar-refractivity contribution in [2.75, 3.05) is 19.6 Å². The van der Waals surface area contributed by atoms with E-state index in [1.54, 1.807) is 13.0 Å². The molecule has 2 aromatic carbocycles. The van der Waals surface area contributed by atoms with Gasteiger partial charge in [-0.25, -0.2) is 0 Å². The van der Waals surface area contributed by atoms with E-state index in [0.717, 1.165) is 56.0 Å². The minimum Gasteiger partial charge on any atom is -0.487 e. The molecule has 6 nitrogen and oxygen atoms in total. The summed E-state index contributed by atoms with van der Waals surface area (Å²) in [6.07, 6.45) is 9.20. The van der Waals surface area contributed by atoms with Crippen molar-refractivity contribution in [3.63, 3.8) is 0 Å². The molecule has 3 aliphatic carbocycles. The SMILES string of the molecule is CC(=O)O[C@@]12CCC(N(CC(C)C)C(=O)/C=C/c3ccccc3)C3Oc4cccc5c4[C@@]31CCN(CC1CC1)[C@@H]2C5. The Morgan fingerprint density at radius 3 is 2.63 bits per heavy atom. The number of piperidine rings is 1. The van der Waals surface area contributed by atoms with E-state index in [-0.39, 0.29) is 30.1 Å². The highest BCUT2D eigenvalue weighted by Crippen LogP contribution is 2.66. The van der Waals surface area contributed by atoms with Crippen LogP contribution in [-0.2, 0) is 26.2 Å². The number of esters is 1. The van der Waals surface area contributed by atoms with Crippen molar-refractivity contribution in [3.8, 4) is 5.75 Å². The van der Waals surface area contributed by atoms with Crippen molar-refractivity contribution < 1.29 is 19.1 Å². The Morgan fingerprint density at radius 2 is 1.90 bits per heavy atom. The molecule has 5 aliphatic rings. The predicted molar refractivity (Wildman–Crippen MR) is 158 cm³/mol. The lowest BCUT2D eigenvalue weighted by Crippen LogP contribution is -2.79. The molecule has 2 saturated carbocycles. The summed E-state index contributed by atoms with van der Waals surface area (Å²) in [5.41, 5.74) is 2.46. The number of nitrogens with zero attached hydrogens (tertiary/aromatic N) is 2. The summed E-state index contributed by atoms with van der Waals surface area (Å²) < 4.78 is 13.6. The van der Waals surface area contributed by atoms with E-state index in [1.807, 2.05) is 36.4 Å². The lowest BCUT2D eigenvalue weighted by Gasteiger charge is -2.65. The molecule has 0 radical (unpaired) electrons. The second-order valence-electron chi connectivity index (χ2n) is 13.4. The number of rotatable bonds is 8. The largest absolute Gasteiger partial charge is 0.487 e. The third-order valence-corrected chi connectivity index (χ3v) is 10.4. The topological polar surface area (TPSA) is 59.1 Å². The average Bonchev–Trinajstić information content (AvgIpc) is 3.70. The Kier molecular flexibility index (Phi) is 6.53. The first-order valence-electron chi connectivity index (χ1n) is 15.6. The quantitative estimate of drug-likeness (QED) is 0.324. The Hall–Kier alpha value is -3.12. The molecule has 2 aliphatic heterocycles. The number of likely N-dealkylation sites (tertiary alicyclic amines) is 1. The zero-order valence-corrected chi connectivity index (χ0v) is 24.6. The maximum atomic E-state index is 14.0. The Balaban J connectivity index is 1.31. The third kappa shape index (κ3) is 4.24. The van der Waals surface area contributed by atoms with Crippen molar-refractivity contribution in [1.29, 1.82) is 0 Å². The van der Waals surface area contributed by atoms with Gasteiger partial charge < -0.3 is 14.4 Å². The monoisotopic (exact) mass is 554 g/mol. The molecule has 1 spiro atoms. The molecule has 0 aromatic heterocycles. The van der Waals surface area contributed by atoms with Gasteiger partial charge in [0.2, 0.25) is 5.91 Å². The second-order valence-corrected chi connectivity index (χ2v) is 13.4. The number of amides is 1. The molecule has 1 amide bonds. The van der Waals surface area contributed by atoms with E-state index in [4.69, 9.17) is 9.47 Å². The van der Waals surface area contributed by atoms with Crippen molar-refractivity contribution in [1.82, 2.24) is 9.80 Å². The van der Waals surface area contributed by atoms with Crippen LogP contribution in [0.2, 0.25) is 0 Å². The van der Waals surface area contributed by atoms with Gasteiger partial charge >= 0.3 is 5.97 Å². The maximum Gasteiger partial charge on any atom is 0.303 e. The molecule has 2 heterocycles. The minimum atomic E-state index is -0.654. The number of benzene rings is 2. The first-order valence-corrected chi connectivity index (χ1v) is 15.6. The molecule has 41 heavy (non-hydrogen) atoms. The molecule has 3 fully saturated rings. The summed E-state index contributed by atoms with van der Waals surface area (Å²) in [6.45, 7) is 8.60. The minimum absolute atomic E-state index is 0.0160. The van der Waals surface area contributed by atoms with Gasteiger partial charge in [0.1, 0.15) is 17.5 Å². The van der Waals surface area contributed by atoms with Crippen LogP contribution in [-0.4, -0.2) is 65.1 Å². The molecule has 216 valence electrons. The van der Waals surface area contributed by atoms with Crippen LogP contribution in [0.5, 0.6) is 5.75 Å². The third-order valence-electron chi connectivity index (χ3n) is 10.4. The van der Waals surface area contributed by atoms with Gasteiger partial charge in [0.25, 0.3) is 0 Å². The van der Waals surface area contributed by atoms with Crippen LogP contribution in [0.3, 0.4) is 0 Å². The van der Waals surface area contributed by atoms with Gasteiger partial charge in [-0.1, -0.05) is 56.3 Å². The summed E-state index contributed by atoms with van der Waals surface area (Å²) >= 11 is 0. The van der Waals surface area contributed by atoms with Crippen LogP contribution in [0.1, 0.15) is 69.6 Å². The zero-order chi connectivity index (χ0) is 28.4. The number of ether oxygens (including phenoxy) is 2. The normalized spacial score (nSPS) is 31.6. The lowest BCUT2D eigenvalue weighted by atomic mass is 9.48. The Labute approximate surface area is 243 Å². The van der Waals surface area contributed by atoms with Crippen molar-refractivity contribution in [3.05, 3.63) is 71.3 Å². The number of hydrogen-bond donors (Lipinski definition) is 0. The first kappa shape index (κ1) is 26.8. The standard InChI is InChI=1S/C35H42N2O4/c1-23(2)21-37(31(39)15-14-25-8-5-4-6-9-25)28-16-17-35(41-24(3)38)30-20-27-10-7-11-29-32(27)34(35,33(28)40-29)18-19-36(30)22-26-12-13-26/h4-11,14-15,23,26,28,30,33H,12-13,16-22H2,1-3H3/b15-14+/t28?,30-,33?,34+,35-/m1/s1. The molecule has 2 aromatic rings. The molecule has 2 unspecified atom stereocenters. The van der Waals surface area contributed by atoms with Crippen LogP contribution in [0.15, 0.2) is 54.6 Å². The van der Waals surface area contributed by atoms with Gasteiger partial charge in [-0.2, -0.15) is 0 Å². The van der Waals surface area contributed by atoms with Crippen LogP contribution in [0.4, 0.5) is 0 Å². The highest BCUT2D eigenvalue weighted by molar-refractivity contribution is 5.92. The molecule has 0 N–H and O–H groups in total. The summed E-state index contributed by atoms with van der Waals surface area (Å²) in [5, 5.41) is 0. The number of hydrogen-bond acceptors (Lipinski definition) is 5. The van der Waals surface area contributed by atoms with Crippen molar-refractivity contribution in [2.45, 2.75) is 88.5 Å². The average molecular weight is 555 g/mol. The van der Waals surface area contributed by atoms with Gasteiger partial charge in [0.05, 0.1) is 17.5 Å². The number of carbonyl (C=O) groups is 2. The summed E-state index contributed by atoms with van der Waals surface area (Å²) in [7, 11) is 0.